The number of hydrogen-bond donors (Lipinski definition) is 1. The zero-order valence-corrected chi connectivity index (χ0v) is 16.1. The van der Waals surface area contributed by atoms with Crippen molar-refractivity contribution in [3.05, 3.63) is 69.5 Å². The highest BCUT2D eigenvalue weighted by atomic mass is 16.5. The quantitative estimate of drug-likeness (QED) is 0.745. The molecular formula is C22H24N2O3. The van der Waals surface area contributed by atoms with Crippen LogP contribution in [-0.2, 0) is 11.3 Å². The van der Waals surface area contributed by atoms with Crippen molar-refractivity contribution < 1.29 is 9.53 Å². The summed E-state index contributed by atoms with van der Waals surface area (Å²) >= 11 is 0. The van der Waals surface area contributed by atoms with E-state index in [-0.39, 0.29) is 24.4 Å². The number of carbonyl (C=O) groups excluding carboxylic acids is 1. The van der Waals surface area contributed by atoms with E-state index < -0.39 is 0 Å². The number of hydrogen-bond acceptors (Lipinski definition) is 3. The number of benzene rings is 2. The van der Waals surface area contributed by atoms with E-state index in [1.165, 1.54) is 0 Å². The van der Waals surface area contributed by atoms with Gasteiger partial charge < -0.3 is 14.6 Å². The zero-order valence-electron chi connectivity index (χ0n) is 16.1. The molecule has 0 spiro atoms. The molecule has 0 atom stereocenters. The fourth-order valence-corrected chi connectivity index (χ4v) is 3.34. The third-order valence-corrected chi connectivity index (χ3v) is 4.74. The van der Waals surface area contributed by atoms with Crippen LogP contribution < -0.4 is 15.6 Å². The molecule has 0 saturated heterocycles. The molecule has 0 unspecified atom stereocenters. The van der Waals surface area contributed by atoms with Gasteiger partial charge in [-0.15, -0.1) is 0 Å². The first-order valence-electron chi connectivity index (χ1n) is 8.95. The van der Waals surface area contributed by atoms with Gasteiger partial charge >= 0.3 is 0 Å². The van der Waals surface area contributed by atoms with Crippen LogP contribution in [0, 0.1) is 20.8 Å². The second-order valence-corrected chi connectivity index (χ2v) is 6.79. The van der Waals surface area contributed by atoms with Crippen LogP contribution in [0.3, 0.4) is 0 Å². The minimum absolute atomic E-state index is 0.127. The van der Waals surface area contributed by atoms with E-state index >= 15 is 0 Å². The van der Waals surface area contributed by atoms with E-state index in [9.17, 15) is 9.59 Å². The number of carbonyl (C=O) groups is 1. The molecule has 0 bridgehead atoms. The fourth-order valence-electron chi connectivity index (χ4n) is 3.34. The van der Waals surface area contributed by atoms with Crippen molar-refractivity contribution in [3.63, 3.8) is 0 Å². The summed E-state index contributed by atoms with van der Waals surface area (Å²) in [6.45, 7) is 6.17. The second-order valence-electron chi connectivity index (χ2n) is 6.79. The first kappa shape index (κ1) is 18.7. The number of aromatic nitrogens is 1. The lowest BCUT2D eigenvalue weighted by Gasteiger charge is -2.15. The average molecular weight is 364 g/mol. The minimum Gasteiger partial charge on any atom is -0.495 e. The van der Waals surface area contributed by atoms with Crippen molar-refractivity contribution in [3.8, 4) is 5.75 Å². The van der Waals surface area contributed by atoms with Crippen LogP contribution in [0.4, 0.5) is 5.69 Å². The lowest BCUT2D eigenvalue weighted by atomic mass is 10.1. The SMILES string of the molecule is COc1cccc2c(C)cc(=O)n(CCC(=O)Nc3ccc(C)cc3C)c12. The van der Waals surface area contributed by atoms with Gasteiger partial charge in [-0.3, -0.25) is 9.59 Å². The van der Waals surface area contributed by atoms with Gasteiger partial charge in [-0.2, -0.15) is 0 Å². The van der Waals surface area contributed by atoms with Gasteiger partial charge in [0.05, 0.1) is 12.6 Å². The molecule has 0 fully saturated rings. The highest BCUT2D eigenvalue weighted by Gasteiger charge is 2.13. The Morgan fingerprint density at radius 2 is 1.85 bits per heavy atom. The molecule has 0 saturated carbocycles. The molecule has 27 heavy (non-hydrogen) atoms. The molecule has 5 heteroatoms. The van der Waals surface area contributed by atoms with Crippen LogP contribution in [0.1, 0.15) is 23.1 Å². The summed E-state index contributed by atoms with van der Waals surface area (Å²) in [5, 5.41) is 3.88. The normalized spacial score (nSPS) is 10.8. The molecule has 1 aromatic heterocycles. The van der Waals surface area contributed by atoms with Crippen LogP contribution in [0.15, 0.2) is 47.3 Å². The number of nitrogens with one attached hydrogen (secondary N) is 1. The van der Waals surface area contributed by atoms with Crippen molar-refractivity contribution in [2.75, 3.05) is 12.4 Å². The standard InChI is InChI=1S/C22H24N2O3/c1-14-8-9-18(16(3)12-14)23-20(25)10-11-24-21(26)13-15(2)17-6-5-7-19(27-4)22(17)24/h5-9,12-13H,10-11H2,1-4H3,(H,23,25). The van der Waals surface area contributed by atoms with Crippen LogP contribution >= 0.6 is 0 Å². The van der Waals surface area contributed by atoms with Crippen LogP contribution in [0.25, 0.3) is 10.9 Å². The molecule has 0 aliphatic rings. The molecule has 0 aliphatic carbocycles. The van der Waals surface area contributed by atoms with Crippen molar-refractivity contribution in [2.45, 2.75) is 33.7 Å². The number of amides is 1. The molecule has 1 heterocycles. The number of aryl methyl sites for hydroxylation is 4. The number of methoxy groups -OCH3 is 1. The monoisotopic (exact) mass is 364 g/mol. The molecule has 5 nitrogen and oxygen atoms in total. The van der Waals surface area contributed by atoms with Gasteiger partial charge in [0.15, 0.2) is 0 Å². The van der Waals surface area contributed by atoms with E-state index in [1.807, 2.05) is 57.2 Å². The summed E-state index contributed by atoms with van der Waals surface area (Å²) in [5.41, 5.74) is 4.44. The Balaban J connectivity index is 1.86. The number of ether oxygens (including phenoxy) is 1. The highest BCUT2D eigenvalue weighted by Crippen LogP contribution is 2.26. The number of anilines is 1. The number of pyridine rings is 1. The van der Waals surface area contributed by atoms with E-state index in [0.29, 0.717) is 5.75 Å². The minimum atomic E-state index is -0.135. The Kier molecular flexibility index (Phi) is 5.31. The molecule has 3 rings (SSSR count). The molecular weight excluding hydrogens is 340 g/mol. The van der Waals surface area contributed by atoms with Gasteiger partial charge in [0.1, 0.15) is 5.75 Å². The average Bonchev–Trinajstić information content (AvgIpc) is 2.63. The van der Waals surface area contributed by atoms with E-state index in [2.05, 4.69) is 5.32 Å². The van der Waals surface area contributed by atoms with Gasteiger partial charge in [-0.05, 0) is 44.0 Å². The Hall–Kier alpha value is -3.08. The molecule has 0 aliphatic heterocycles. The van der Waals surface area contributed by atoms with Crippen LogP contribution in [0.2, 0.25) is 0 Å². The second kappa shape index (κ2) is 7.66. The Bertz CT molecular complexity index is 1070. The predicted octanol–water partition coefficient (Wildman–Crippen LogP) is 3.96. The largest absolute Gasteiger partial charge is 0.495 e. The number of para-hydroxylation sites is 1. The number of fused-ring (bicyclic) bond motifs is 1. The Labute approximate surface area is 158 Å². The summed E-state index contributed by atoms with van der Waals surface area (Å²) in [6, 6.07) is 13.2. The third kappa shape index (κ3) is 3.87. The molecule has 1 N–H and O–H groups in total. The summed E-state index contributed by atoms with van der Waals surface area (Å²) < 4.78 is 7.06. The molecule has 1 amide bonds. The summed E-state index contributed by atoms with van der Waals surface area (Å²) in [4.78, 5) is 25.0. The maximum absolute atomic E-state index is 12.6. The van der Waals surface area contributed by atoms with Crippen molar-refractivity contribution >= 4 is 22.5 Å². The van der Waals surface area contributed by atoms with Crippen LogP contribution in [-0.4, -0.2) is 17.6 Å². The predicted molar refractivity (Wildman–Crippen MR) is 109 cm³/mol. The Morgan fingerprint density at radius 1 is 1.07 bits per heavy atom. The van der Waals surface area contributed by atoms with Crippen molar-refractivity contribution in [1.29, 1.82) is 0 Å². The van der Waals surface area contributed by atoms with Gasteiger partial charge in [-0.25, -0.2) is 0 Å². The third-order valence-electron chi connectivity index (χ3n) is 4.74. The summed E-state index contributed by atoms with van der Waals surface area (Å²) in [7, 11) is 1.58. The molecule has 140 valence electrons. The van der Waals surface area contributed by atoms with E-state index in [0.717, 1.165) is 33.3 Å². The molecule has 3 aromatic rings. The van der Waals surface area contributed by atoms with Gasteiger partial charge in [0, 0.05) is 30.1 Å². The lowest BCUT2D eigenvalue weighted by molar-refractivity contribution is -0.116. The smallest absolute Gasteiger partial charge is 0.251 e. The maximum Gasteiger partial charge on any atom is 0.251 e. The number of rotatable bonds is 5. The highest BCUT2D eigenvalue weighted by molar-refractivity contribution is 5.92. The first-order valence-corrected chi connectivity index (χ1v) is 8.95. The van der Waals surface area contributed by atoms with Crippen LogP contribution in [0.5, 0.6) is 5.75 Å². The zero-order chi connectivity index (χ0) is 19.6. The fraction of sp³-hybridized carbons (Fsp3) is 0.273. The first-order chi connectivity index (χ1) is 12.9. The summed E-state index contributed by atoms with van der Waals surface area (Å²) in [6.07, 6.45) is 0.198. The van der Waals surface area contributed by atoms with Crippen molar-refractivity contribution in [2.24, 2.45) is 0 Å². The summed E-state index contributed by atoms with van der Waals surface area (Å²) in [5.74, 6) is 0.501. The molecule has 2 aromatic carbocycles. The number of nitrogens with zero attached hydrogens (tertiary/aromatic N) is 1. The van der Waals surface area contributed by atoms with Gasteiger partial charge in [0.25, 0.3) is 5.56 Å². The topological polar surface area (TPSA) is 60.3 Å². The Morgan fingerprint density at radius 3 is 2.56 bits per heavy atom. The molecule has 0 radical (unpaired) electrons. The van der Waals surface area contributed by atoms with Gasteiger partial charge in [0.2, 0.25) is 5.91 Å². The maximum atomic E-state index is 12.6. The van der Waals surface area contributed by atoms with E-state index in [4.69, 9.17) is 4.74 Å². The van der Waals surface area contributed by atoms with E-state index in [1.54, 1.807) is 17.7 Å². The van der Waals surface area contributed by atoms with Crippen molar-refractivity contribution in [1.82, 2.24) is 4.57 Å². The lowest BCUT2D eigenvalue weighted by Crippen LogP contribution is -2.24. The van der Waals surface area contributed by atoms with Gasteiger partial charge in [-0.1, -0.05) is 29.8 Å².